The second-order valence-corrected chi connectivity index (χ2v) is 13.3. The monoisotopic (exact) mass is 662 g/mol. The first-order chi connectivity index (χ1) is 23.6. The van der Waals surface area contributed by atoms with Crippen molar-refractivity contribution >= 4 is 35.2 Å². The first-order valence-electron chi connectivity index (χ1n) is 16.8. The molecule has 0 radical (unpaired) electrons. The summed E-state index contributed by atoms with van der Waals surface area (Å²) in [5.41, 5.74) is 18.9. The molecule has 0 unspecified atom stereocenters. The van der Waals surface area contributed by atoms with Gasteiger partial charge < -0.3 is 10.6 Å². The molecular weight excluding hydrogens is 613 g/mol. The molecule has 50 heavy (non-hydrogen) atoms. The van der Waals surface area contributed by atoms with Crippen LogP contribution in [-0.4, -0.2) is 12.4 Å². The van der Waals surface area contributed by atoms with Crippen LogP contribution in [0.4, 0.5) is 22.7 Å². The largest absolute Gasteiger partial charge is 0.360 e. The van der Waals surface area contributed by atoms with Gasteiger partial charge >= 0.3 is 0 Å². The molecule has 0 bridgehead atoms. The van der Waals surface area contributed by atoms with Crippen molar-refractivity contribution < 1.29 is 0 Å². The predicted octanol–water partition coefficient (Wildman–Crippen LogP) is 11.5. The number of hydrogen-bond acceptors (Lipinski definition) is 6. The maximum Gasteiger partial charge on any atom is 0.102 e. The van der Waals surface area contributed by atoms with Crippen LogP contribution in [0.3, 0.4) is 0 Å². The third-order valence-electron chi connectivity index (χ3n) is 8.29. The molecule has 0 heterocycles. The van der Waals surface area contributed by atoms with E-state index >= 15 is 0 Å². The molecule has 4 rings (SSSR count). The van der Waals surface area contributed by atoms with E-state index in [0.717, 1.165) is 67.3 Å². The quantitative estimate of drug-likeness (QED) is 0.145. The van der Waals surface area contributed by atoms with E-state index in [0.29, 0.717) is 11.1 Å². The van der Waals surface area contributed by atoms with Crippen LogP contribution in [-0.2, 0) is 0 Å². The fraction of sp³-hybridized carbons (Fsp3) is 0.273. The van der Waals surface area contributed by atoms with Crippen LogP contribution in [0.2, 0.25) is 0 Å². The van der Waals surface area contributed by atoms with Gasteiger partial charge in [-0.1, -0.05) is 70.8 Å². The number of hydrogen-bond donors (Lipinski definition) is 2. The Kier molecular flexibility index (Phi) is 13.6. The molecule has 0 aliphatic rings. The van der Waals surface area contributed by atoms with Gasteiger partial charge in [0.1, 0.15) is 12.1 Å². The Labute approximate surface area is 299 Å². The second kappa shape index (κ2) is 17.6. The van der Waals surface area contributed by atoms with Gasteiger partial charge in [-0.05, 0) is 128 Å². The van der Waals surface area contributed by atoms with Gasteiger partial charge in [-0.25, -0.2) is 0 Å². The lowest BCUT2D eigenvalue weighted by atomic mass is 10.1. The highest BCUT2D eigenvalue weighted by Gasteiger charge is 2.06. The minimum Gasteiger partial charge on any atom is -0.360 e. The van der Waals surface area contributed by atoms with Gasteiger partial charge in [-0.2, -0.15) is 10.5 Å². The minimum atomic E-state index is 0.485. The van der Waals surface area contributed by atoms with E-state index in [1.165, 1.54) is 22.3 Å². The number of anilines is 2. The molecule has 6 heteroatoms. The number of benzene rings is 4. The molecular formula is C44H50N6. The Morgan fingerprint density at radius 2 is 0.680 bits per heavy atom. The highest BCUT2D eigenvalue weighted by molar-refractivity contribution is 5.88. The maximum atomic E-state index is 9.40. The van der Waals surface area contributed by atoms with Crippen LogP contribution >= 0.6 is 0 Å². The van der Waals surface area contributed by atoms with Crippen molar-refractivity contribution in [1.29, 1.82) is 10.5 Å². The molecule has 0 saturated heterocycles. The molecule has 4 aromatic rings. The Bertz CT molecular complexity index is 1850. The molecule has 0 saturated carbocycles. The molecule has 2 N–H and O–H groups in total. The summed E-state index contributed by atoms with van der Waals surface area (Å²) in [4.78, 5) is 9.07. The van der Waals surface area contributed by atoms with E-state index < -0.39 is 0 Å². The molecule has 0 aliphatic carbocycles. The van der Waals surface area contributed by atoms with Crippen molar-refractivity contribution in [1.82, 2.24) is 0 Å². The van der Waals surface area contributed by atoms with Gasteiger partial charge in [0.15, 0.2) is 0 Å². The zero-order valence-corrected chi connectivity index (χ0v) is 31.7. The van der Waals surface area contributed by atoms with Gasteiger partial charge in [0, 0.05) is 36.2 Å². The average Bonchev–Trinajstić information content (AvgIpc) is 3.01. The fourth-order valence-corrected chi connectivity index (χ4v) is 6.33. The van der Waals surface area contributed by atoms with Gasteiger partial charge in [0.05, 0.1) is 22.5 Å². The van der Waals surface area contributed by atoms with E-state index in [9.17, 15) is 10.5 Å². The molecule has 0 fully saturated rings. The van der Waals surface area contributed by atoms with Crippen LogP contribution in [0.1, 0.15) is 66.8 Å². The topological polar surface area (TPSA) is 96.4 Å². The van der Waals surface area contributed by atoms with Crippen LogP contribution in [0.5, 0.6) is 0 Å². The lowest BCUT2D eigenvalue weighted by molar-refractivity contribution is 1.29. The first kappa shape index (κ1) is 38.7. The highest BCUT2D eigenvalue weighted by Crippen LogP contribution is 2.27. The van der Waals surface area contributed by atoms with Crippen LogP contribution < -0.4 is 10.6 Å². The summed E-state index contributed by atoms with van der Waals surface area (Å²) in [5, 5.41) is 25.3. The summed E-state index contributed by atoms with van der Waals surface area (Å²) in [6.07, 6.45) is 6.67. The number of nitriles is 2. The highest BCUT2D eigenvalue weighted by atomic mass is 14.9. The number of rotatable bonds is 8. The molecule has 4 aromatic carbocycles. The van der Waals surface area contributed by atoms with E-state index in [4.69, 9.17) is 0 Å². The molecule has 0 aromatic heterocycles. The SMILES string of the molecule is Cc1cc(C)c(N=C/C(C#N)=C\Nc2c(C)cc(C)cc2C)c(C)c1.Cc1cc(C)c(N=C/C(C#N)=C\Nc2c(C)cc(C)cc2C)c(C)c1. The molecule has 0 amide bonds. The van der Waals surface area contributed by atoms with Crippen LogP contribution in [0, 0.1) is 106 Å². The fourth-order valence-electron chi connectivity index (χ4n) is 6.33. The van der Waals surface area contributed by atoms with Crippen LogP contribution in [0.15, 0.2) is 82.1 Å². The zero-order chi connectivity index (χ0) is 37.1. The summed E-state index contributed by atoms with van der Waals surface area (Å²) in [6.45, 7) is 24.7. The summed E-state index contributed by atoms with van der Waals surface area (Å²) >= 11 is 0. The van der Waals surface area contributed by atoms with Gasteiger partial charge in [-0.15, -0.1) is 0 Å². The Morgan fingerprint density at radius 1 is 0.440 bits per heavy atom. The summed E-state index contributed by atoms with van der Waals surface area (Å²) in [6, 6.07) is 21.3. The molecule has 256 valence electrons. The smallest absolute Gasteiger partial charge is 0.102 e. The van der Waals surface area contributed by atoms with E-state index in [2.05, 4.69) is 137 Å². The number of allylic oxidation sites excluding steroid dienone is 2. The maximum absolute atomic E-state index is 9.40. The Morgan fingerprint density at radius 3 is 0.920 bits per heavy atom. The zero-order valence-electron chi connectivity index (χ0n) is 31.7. The Balaban J connectivity index is 0.000000270. The number of aryl methyl sites for hydroxylation is 12. The van der Waals surface area contributed by atoms with E-state index in [1.54, 1.807) is 24.8 Å². The number of aliphatic imine (C=N–C) groups is 2. The molecule has 0 atom stereocenters. The Hall–Kier alpha value is -5.72. The third-order valence-corrected chi connectivity index (χ3v) is 8.29. The van der Waals surface area contributed by atoms with Gasteiger partial charge in [0.2, 0.25) is 0 Å². The third kappa shape index (κ3) is 10.6. The van der Waals surface area contributed by atoms with Crippen molar-refractivity contribution in [3.8, 4) is 12.1 Å². The second-order valence-electron chi connectivity index (χ2n) is 13.3. The van der Waals surface area contributed by atoms with E-state index in [-0.39, 0.29) is 0 Å². The first-order valence-corrected chi connectivity index (χ1v) is 16.8. The van der Waals surface area contributed by atoms with Crippen LogP contribution in [0.25, 0.3) is 0 Å². The van der Waals surface area contributed by atoms with Gasteiger partial charge in [-0.3, -0.25) is 9.98 Å². The molecule has 0 spiro atoms. The lowest BCUT2D eigenvalue weighted by Crippen LogP contribution is -1.97. The molecule has 0 aliphatic heterocycles. The van der Waals surface area contributed by atoms with Crippen molar-refractivity contribution in [3.63, 3.8) is 0 Å². The average molecular weight is 663 g/mol. The summed E-state index contributed by atoms with van der Waals surface area (Å²) in [5.74, 6) is 0. The van der Waals surface area contributed by atoms with Crippen molar-refractivity contribution in [3.05, 3.63) is 139 Å². The van der Waals surface area contributed by atoms with E-state index in [1.807, 2.05) is 27.7 Å². The van der Waals surface area contributed by atoms with Crippen molar-refractivity contribution in [2.45, 2.75) is 83.1 Å². The number of nitrogens with one attached hydrogen (secondary N) is 2. The minimum absolute atomic E-state index is 0.485. The standard InChI is InChI=1S/2C22H25N3/c2*1-14-7-16(3)21(17(4)8-14)24-12-20(11-23)13-25-22-18(5)9-15(2)10-19(22)6/h2*7-10,12-13,24H,1-6H3/b2*20-12-,25-13?. The van der Waals surface area contributed by atoms with Crippen molar-refractivity contribution in [2.75, 3.05) is 10.6 Å². The number of nitrogens with zero attached hydrogens (tertiary/aromatic N) is 4. The van der Waals surface area contributed by atoms with Gasteiger partial charge in [0.25, 0.3) is 0 Å². The summed E-state index contributed by atoms with van der Waals surface area (Å²) < 4.78 is 0. The van der Waals surface area contributed by atoms with Crippen molar-refractivity contribution in [2.24, 2.45) is 9.98 Å². The lowest BCUT2D eigenvalue weighted by Gasteiger charge is -2.11. The normalized spacial score (nSPS) is 11.6. The predicted molar refractivity (Wildman–Crippen MR) is 214 cm³/mol. The molecule has 6 nitrogen and oxygen atoms in total. The summed E-state index contributed by atoms with van der Waals surface area (Å²) in [7, 11) is 0.